The molecular weight excluding hydrogens is 276 g/mol. The maximum atomic E-state index is 11.0. The molecule has 0 aliphatic carbocycles. The molecule has 108 valence electrons. The van der Waals surface area contributed by atoms with Crippen LogP contribution in [0.3, 0.4) is 0 Å². The summed E-state index contributed by atoms with van der Waals surface area (Å²) in [6.07, 6.45) is 0.639. The van der Waals surface area contributed by atoms with E-state index in [0.29, 0.717) is 6.42 Å². The van der Waals surface area contributed by atoms with Crippen molar-refractivity contribution in [3.05, 3.63) is 70.1 Å². The van der Waals surface area contributed by atoms with Crippen LogP contribution in [-0.4, -0.2) is 5.11 Å². The molecule has 21 heavy (non-hydrogen) atoms. The van der Waals surface area contributed by atoms with Crippen LogP contribution in [0.25, 0.3) is 10.1 Å². The smallest absolute Gasteiger partial charge is 0.0909 e. The van der Waals surface area contributed by atoms with Gasteiger partial charge in [0.05, 0.1) is 5.60 Å². The van der Waals surface area contributed by atoms with Gasteiger partial charge in [-0.1, -0.05) is 47.5 Å². The van der Waals surface area contributed by atoms with Crippen LogP contribution in [0.15, 0.2) is 47.8 Å². The zero-order chi connectivity index (χ0) is 15.0. The van der Waals surface area contributed by atoms with Crippen LogP contribution in [0, 0.1) is 13.8 Å². The van der Waals surface area contributed by atoms with E-state index < -0.39 is 5.60 Å². The topological polar surface area (TPSA) is 20.2 Å². The summed E-state index contributed by atoms with van der Waals surface area (Å²) in [4.78, 5) is 0. The maximum absolute atomic E-state index is 11.0. The molecule has 0 amide bonds. The van der Waals surface area contributed by atoms with Gasteiger partial charge >= 0.3 is 0 Å². The summed E-state index contributed by atoms with van der Waals surface area (Å²) in [5.74, 6) is 0. The van der Waals surface area contributed by atoms with E-state index in [9.17, 15) is 5.11 Å². The highest BCUT2D eigenvalue weighted by molar-refractivity contribution is 7.17. The van der Waals surface area contributed by atoms with E-state index in [-0.39, 0.29) is 0 Å². The van der Waals surface area contributed by atoms with Crippen molar-refractivity contribution in [2.75, 3.05) is 0 Å². The monoisotopic (exact) mass is 296 g/mol. The highest BCUT2D eigenvalue weighted by Crippen LogP contribution is 2.33. The van der Waals surface area contributed by atoms with E-state index in [1.165, 1.54) is 26.8 Å². The number of aliphatic hydroxyl groups is 1. The normalized spacial score (nSPS) is 14.3. The van der Waals surface area contributed by atoms with Crippen molar-refractivity contribution < 1.29 is 5.11 Å². The van der Waals surface area contributed by atoms with E-state index in [4.69, 9.17) is 0 Å². The van der Waals surface area contributed by atoms with Crippen LogP contribution >= 0.6 is 11.3 Å². The van der Waals surface area contributed by atoms with Gasteiger partial charge in [0, 0.05) is 11.1 Å². The van der Waals surface area contributed by atoms with Crippen molar-refractivity contribution in [1.29, 1.82) is 0 Å². The zero-order valence-electron chi connectivity index (χ0n) is 12.7. The summed E-state index contributed by atoms with van der Waals surface area (Å²) in [7, 11) is 0. The van der Waals surface area contributed by atoms with Crippen LogP contribution in [0.2, 0.25) is 0 Å². The lowest BCUT2D eigenvalue weighted by atomic mass is 9.87. The van der Waals surface area contributed by atoms with Crippen LogP contribution < -0.4 is 0 Å². The molecule has 1 heterocycles. The van der Waals surface area contributed by atoms with Gasteiger partial charge < -0.3 is 5.11 Å². The van der Waals surface area contributed by atoms with Gasteiger partial charge in [0.2, 0.25) is 0 Å². The molecule has 0 bridgehead atoms. The predicted octanol–water partition coefficient (Wildman–Crippen LogP) is 4.97. The average Bonchev–Trinajstić information content (AvgIpc) is 2.81. The van der Waals surface area contributed by atoms with Crippen molar-refractivity contribution in [1.82, 2.24) is 0 Å². The van der Waals surface area contributed by atoms with Crippen molar-refractivity contribution in [2.45, 2.75) is 32.8 Å². The van der Waals surface area contributed by atoms with Crippen molar-refractivity contribution >= 4 is 21.4 Å². The first-order valence-corrected chi connectivity index (χ1v) is 8.10. The molecule has 1 atom stereocenters. The van der Waals surface area contributed by atoms with E-state index in [1.54, 1.807) is 11.3 Å². The minimum absolute atomic E-state index is 0.639. The number of hydrogen-bond acceptors (Lipinski definition) is 2. The van der Waals surface area contributed by atoms with Gasteiger partial charge in [-0.3, -0.25) is 0 Å². The van der Waals surface area contributed by atoms with Crippen molar-refractivity contribution in [3.63, 3.8) is 0 Å². The molecule has 3 rings (SSSR count). The Balaban J connectivity index is 1.99. The van der Waals surface area contributed by atoms with E-state index in [1.807, 2.05) is 6.92 Å². The molecule has 0 fully saturated rings. The molecular formula is C19H20OS. The van der Waals surface area contributed by atoms with Crippen LogP contribution in [0.5, 0.6) is 0 Å². The Kier molecular flexibility index (Phi) is 3.60. The van der Waals surface area contributed by atoms with Crippen molar-refractivity contribution in [3.8, 4) is 0 Å². The molecule has 1 N–H and O–H groups in total. The molecule has 0 saturated heterocycles. The first kappa shape index (κ1) is 14.3. The van der Waals surface area contributed by atoms with Gasteiger partial charge in [-0.25, -0.2) is 0 Å². The molecule has 0 aliphatic heterocycles. The maximum Gasteiger partial charge on any atom is 0.0909 e. The Bertz CT molecular complexity index is 763. The molecule has 1 nitrogen and oxygen atoms in total. The fourth-order valence-electron chi connectivity index (χ4n) is 2.93. The summed E-state index contributed by atoms with van der Waals surface area (Å²) in [6, 6.07) is 14.7. The molecule has 2 aromatic carbocycles. The van der Waals surface area contributed by atoms with Gasteiger partial charge in [-0.2, -0.15) is 0 Å². The Morgan fingerprint density at radius 1 is 1.05 bits per heavy atom. The third-order valence-corrected chi connectivity index (χ3v) is 4.95. The fourth-order valence-corrected chi connectivity index (χ4v) is 3.89. The minimum Gasteiger partial charge on any atom is -0.385 e. The van der Waals surface area contributed by atoms with Gasteiger partial charge in [-0.15, -0.1) is 11.3 Å². The zero-order valence-corrected chi connectivity index (χ0v) is 13.5. The lowest BCUT2D eigenvalue weighted by molar-refractivity contribution is 0.0579. The number of fused-ring (bicyclic) bond motifs is 1. The van der Waals surface area contributed by atoms with Crippen LogP contribution in [0.4, 0.5) is 0 Å². The average molecular weight is 296 g/mol. The Hall–Kier alpha value is -1.64. The molecule has 2 heteroatoms. The molecule has 0 saturated carbocycles. The molecule has 0 radical (unpaired) electrons. The fraction of sp³-hybridized carbons (Fsp3) is 0.263. The van der Waals surface area contributed by atoms with E-state index in [0.717, 1.165) is 5.56 Å². The van der Waals surface area contributed by atoms with E-state index in [2.05, 4.69) is 61.7 Å². The first-order valence-electron chi connectivity index (χ1n) is 7.22. The van der Waals surface area contributed by atoms with Crippen molar-refractivity contribution in [2.24, 2.45) is 0 Å². The third kappa shape index (κ3) is 2.87. The van der Waals surface area contributed by atoms with Gasteiger partial charge in [0.1, 0.15) is 0 Å². The second kappa shape index (κ2) is 5.28. The standard InChI is InChI=1S/C19H20OS/c1-13-8-14(2)10-16(9-13)19(3,20)11-15-12-21-18-7-5-4-6-17(15)18/h4-10,12,20H,11H2,1-3H3. The van der Waals surface area contributed by atoms with Crippen LogP contribution in [0.1, 0.15) is 29.2 Å². The number of aryl methyl sites for hydroxylation is 2. The van der Waals surface area contributed by atoms with Gasteiger partial charge in [0.15, 0.2) is 0 Å². The summed E-state index contributed by atoms with van der Waals surface area (Å²) < 4.78 is 1.28. The molecule has 3 aromatic rings. The Labute approximate surface area is 129 Å². The summed E-state index contributed by atoms with van der Waals surface area (Å²) >= 11 is 1.75. The molecule has 1 unspecified atom stereocenters. The SMILES string of the molecule is Cc1cc(C)cc(C(C)(O)Cc2csc3ccccc23)c1. The minimum atomic E-state index is -0.847. The van der Waals surface area contributed by atoms with Gasteiger partial charge in [0.25, 0.3) is 0 Å². The van der Waals surface area contributed by atoms with Gasteiger partial charge in [-0.05, 0) is 48.7 Å². The summed E-state index contributed by atoms with van der Waals surface area (Å²) in [6.45, 7) is 6.06. The highest BCUT2D eigenvalue weighted by Gasteiger charge is 2.25. The second-order valence-electron chi connectivity index (χ2n) is 6.08. The molecule has 1 aromatic heterocycles. The Morgan fingerprint density at radius 3 is 2.43 bits per heavy atom. The van der Waals surface area contributed by atoms with Crippen LogP contribution in [-0.2, 0) is 12.0 Å². The lowest BCUT2D eigenvalue weighted by Crippen LogP contribution is -2.24. The summed E-state index contributed by atoms with van der Waals surface area (Å²) in [5, 5.41) is 14.4. The predicted molar refractivity (Wildman–Crippen MR) is 91.0 cm³/mol. The number of benzene rings is 2. The number of rotatable bonds is 3. The quantitative estimate of drug-likeness (QED) is 0.723. The molecule has 0 aliphatic rings. The largest absolute Gasteiger partial charge is 0.385 e. The van der Waals surface area contributed by atoms with E-state index >= 15 is 0 Å². The lowest BCUT2D eigenvalue weighted by Gasteiger charge is -2.25. The summed E-state index contributed by atoms with van der Waals surface area (Å²) in [5.41, 5.74) is 3.76. The number of thiophene rings is 1. The highest BCUT2D eigenvalue weighted by atomic mass is 32.1. The molecule has 0 spiro atoms. The second-order valence-corrected chi connectivity index (χ2v) is 7.00. The number of hydrogen-bond donors (Lipinski definition) is 1. The third-order valence-electron chi connectivity index (χ3n) is 3.94. The Morgan fingerprint density at radius 2 is 1.71 bits per heavy atom. The first-order chi connectivity index (χ1) is 9.95.